The fourth-order valence-corrected chi connectivity index (χ4v) is 1.17. The number of nitrogens with zero attached hydrogens (tertiary/aromatic N) is 3. The summed E-state index contributed by atoms with van der Waals surface area (Å²) < 4.78 is 4.77. The first-order chi connectivity index (χ1) is 7.66. The summed E-state index contributed by atoms with van der Waals surface area (Å²) in [5.74, 6) is 0.407. The van der Waals surface area contributed by atoms with Crippen LogP contribution in [0.1, 0.15) is 16.1 Å². The Morgan fingerprint density at radius 2 is 2.19 bits per heavy atom. The summed E-state index contributed by atoms with van der Waals surface area (Å²) in [5, 5.41) is 6.31. The first-order valence-corrected chi connectivity index (χ1v) is 4.75. The van der Waals surface area contributed by atoms with E-state index < -0.39 is 0 Å². The lowest BCUT2D eigenvalue weighted by Gasteiger charge is -2.01. The summed E-state index contributed by atoms with van der Waals surface area (Å²) in [5.41, 5.74) is 0.358. The van der Waals surface area contributed by atoms with E-state index in [-0.39, 0.29) is 11.1 Å². The van der Waals surface area contributed by atoms with Gasteiger partial charge in [0.2, 0.25) is 0 Å². The quantitative estimate of drug-likeness (QED) is 0.861. The highest BCUT2D eigenvalue weighted by Crippen LogP contribution is 2.10. The Hall–Kier alpha value is -1.95. The summed E-state index contributed by atoms with van der Waals surface area (Å²) in [6.45, 7) is 1.65. The summed E-state index contributed by atoms with van der Waals surface area (Å²) in [6.07, 6.45) is 4.05. The van der Waals surface area contributed by atoms with Crippen molar-refractivity contribution in [3.05, 3.63) is 35.1 Å². The van der Waals surface area contributed by atoms with Crippen LogP contribution in [0, 0.1) is 6.92 Å². The minimum atomic E-state index is -0.352. The second-order valence-electron chi connectivity index (χ2n) is 2.97. The Labute approximate surface area is 95.6 Å². The van der Waals surface area contributed by atoms with Gasteiger partial charge >= 0.3 is 0 Å². The Morgan fingerprint density at radius 3 is 2.75 bits per heavy atom. The minimum absolute atomic E-state index is 0.263. The standard InChI is InChI=1S/C9H7ClN4O2/c1-5-6(2-13-16-5)9(15)14-8-4-11-7(10)3-12-8/h2-4H,1H3,(H,12,14,15). The molecule has 0 aliphatic rings. The summed E-state index contributed by atoms with van der Waals surface area (Å²) in [6, 6.07) is 0. The molecule has 0 aliphatic heterocycles. The predicted molar refractivity (Wildman–Crippen MR) is 56.2 cm³/mol. The number of aryl methyl sites for hydroxylation is 1. The lowest BCUT2D eigenvalue weighted by Crippen LogP contribution is -2.13. The molecule has 1 amide bonds. The molecule has 0 spiro atoms. The van der Waals surface area contributed by atoms with Crippen LogP contribution >= 0.6 is 11.6 Å². The van der Waals surface area contributed by atoms with Crippen molar-refractivity contribution >= 4 is 23.3 Å². The molecule has 0 saturated heterocycles. The van der Waals surface area contributed by atoms with Gasteiger partial charge in [-0.2, -0.15) is 0 Å². The van der Waals surface area contributed by atoms with Gasteiger partial charge in [0.05, 0.1) is 18.6 Å². The van der Waals surface area contributed by atoms with E-state index in [0.717, 1.165) is 0 Å². The molecular weight excluding hydrogens is 232 g/mol. The van der Waals surface area contributed by atoms with E-state index in [9.17, 15) is 4.79 Å². The zero-order valence-corrected chi connectivity index (χ0v) is 9.02. The molecule has 2 rings (SSSR count). The summed E-state index contributed by atoms with van der Waals surface area (Å²) in [7, 11) is 0. The molecule has 0 bridgehead atoms. The van der Waals surface area contributed by atoms with Crippen LogP contribution in [0.5, 0.6) is 0 Å². The van der Waals surface area contributed by atoms with Crippen LogP contribution in [-0.2, 0) is 0 Å². The van der Waals surface area contributed by atoms with Crippen LogP contribution < -0.4 is 5.32 Å². The van der Waals surface area contributed by atoms with Gasteiger partial charge in [-0.15, -0.1) is 0 Å². The van der Waals surface area contributed by atoms with Crippen LogP contribution in [0.3, 0.4) is 0 Å². The maximum Gasteiger partial charge on any atom is 0.262 e. The normalized spacial score (nSPS) is 10.1. The van der Waals surface area contributed by atoms with E-state index in [1.165, 1.54) is 18.6 Å². The molecule has 0 aromatic carbocycles. The molecule has 16 heavy (non-hydrogen) atoms. The molecule has 82 valence electrons. The lowest BCUT2D eigenvalue weighted by atomic mass is 10.2. The Bertz CT molecular complexity index is 508. The zero-order chi connectivity index (χ0) is 11.5. The van der Waals surface area contributed by atoms with E-state index in [0.29, 0.717) is 17.1 Å². The number of hydrogen-bond donors (Lipinski definition) is 1. The largest absolute Gasteiger partial charge is 0.361 e. The lowest BCUT2D eigenvalue weighted by molar-refractivity contribution is 0.102. The minimum Gasteiger partial charge on any atom is -0.361 e. The van der Waals surface area contributed by atoms with Crippen molar-refractivity contribution in [2.45, 2.75) is 6.92 Å². The molecule has 6 nitrogen and oxygen atoms in total. The second-order valence-corrected chi connectivity index (χ2v) is 3.36. The molecule has 2 heterocycles. The molecule has 0 atom stereocenters. The highest BCUT2D eigenvalue weighted by Gasteiger charge is 2.13. The Kier molecular flexibility index (Phi) is 2.82. The number of carbonyl (C=O) groups is 1. The molecule has 2 aromatic rings. The van der Waals surface area contributed by atoms with Crippen LogP contribution in [0.4, 0.5) is 5.82 Å². The average molecular weight is 239 g/mol. The van der Waals surface area contributed by atoms with Gasteiger partial charge in [0.1, 0.15) is 16.5 Å². The van der Waals surface area contributed by atoms with E-state index in [4.69, 9.17) is 16.1 Å². The molecule has 0 fully saturated rings. The van der Waals surface area contributed by atoms with Gasteiger partial charge in [0, 0.05) is 0 Å². The van der Waals surface area contributed by atoms with Crippen LogP contribution in [0.25, 0.3) is 0 Å². The molecule has 0 unspecified atom stereocenters. The van der Waals surface area contributed by atoms with Gasteiger partial charge < -0.3 is 9.84 Å². The molecule has 0 aliphatic carbocycles. The SMILES string of the molecule is Cc1oncc1C(=O)Nc1cnc(Cl)cn1. The Morgan fingerprint density at radius 1 is 1.38 bits per heavy atom. The number of amides is 1. The maximum atomic E-state index is 11.7. The van der Waals surface area contributed by atoms with E-state index >= 15 is 0 Å². The smallest absolute Gasteiger partial charge is 0.262 e. The maximum absolute atomic E-state index is 11.7. The third-order valence-electron chi connectivity index (χ3n) is 1.86. The molecule has 1 N–H and O–H groups in total. The monoisotopic (exact) mass is 238 g/mol. The number of halogens is 1. The van der Waals surface area contributed by atoms with Gasteiger partial charge in [-0.3, -0.25) is 4.79 Å². The highest BCUT2D eigenvalue weighted by molar-refractivity contribution is 6.29. The first-order valence-electron chi connectivity index (χ1n) is 4.37. The summed E-state index contributed by atoms with van der Waals surface area (Å²) >= 11 is 5.56. The van der Waals surface area contributed by atoms with Gasteiger partial charge in [-0.25, -0.2) is 9.97 Å². The van der Waals surface area contributed by atoms with Crippen LogP contribution in [0.2, 0.25) is 5.15 Å². The highest BCUT2D eigenvalue weighted by atomic mass is 35.5. The van der Waals surface area contributed by atoms with Crippen LogP contribution in [0.15, 0.2) is 23.1 Å². The topological polar surface area (TPSA) is 80.9 Å². The van der Waals surface area contributed by atoms with Crippen molar-refractivity contribution < 1.29 is 9.32 Å². The van der Waals surface area contributed by atoms with Crippen LogP contribution in [-0.4, -0.2) is 21.0 Å². The van der Waals surface area contributed by atoms with Crippen molar-refractivity contribution in [3.63, 3.8) is 0 Å². The van der Waals surface area contributed by atoms with E-state index in [1.54, 1.807) is 6.92 Å². The predicted octanol–water partition coefficient (Wildman–Crippen LogP) is 1.68. The number of hydrogen-bond acceptors (Lipinski definition) is 5. The third-order valence-corrected chi connectivity index (χ3v) is 2.05. The number of nitrogens with one attached hydrogen (secondary N) is 1. The van der Waals surface area contributed by atoms with Gasteiger partial charge in [0.15, 0.2) is 5.82 Å². The van der Waals surface area contributed by atoms with Crippen molar-refractivity contribution in [2.24, 2.45) is 0 Å². The van der Waals surface area contributed by atoms with Gasteiger partial charge in [-0.1, -0.05) is 16.8 Å². The second kappa shape index (κ2) is 4.28. The number of rotatable bonds is 2. The fourth-order valence-electron chi connectivity index (χ4n) is 1.08. The molecule has 2 aromatic heterocycles. The Balaban J connectivity index is 2.14. The van der Waals surface area contributed by atoms with Gasteiger partial charge in [-0.05, 0) is 6.92 Å². The number of anilines is 1. The summed E-state index contributed by atoms with van der Waals surface area (Å²) in [4.78, 5) is 19.3. The number of carbonyl (C=O) groups excluding carboxylic acids is 1. The molecule has 7 heteroatoms. The van der Waals surface area contributed by atoms with Crippen molar-refractivity contribution in [2.75, 3.05) is 5.32 Å². The first kappa shape index (κ1) is 10.6. The average Bonchev–Trinajstić information content (AvgIpc) is 2.68. The van der Waals surface area contributed by atoms with E-state index in [1.807, 2.05) is 0 Å². The molecule has 0 saturated carbocycles. The van der Waals surface area contributed by atoms with E-state index in [2.05, 4.69) is 20.4 Å². The third kappa shape index (κ3) is 2.17. The van der Waals surface area contributed by atoms with Crippen molar-refractivity contribution in [1.82, 2.24) is 15.1 Å². The zero-order valence-electron chi connectivity index (χ0n) is 8.27. The van der Waals surface area contributed by atoms with Gasteiger partial charge in [0.25, 0.3) is 5.91 Å². The molecule has 0 radical (unpaired) electrons. The number of aromatic nitrogens is 3. The van der Waals surface area contributed by atoms with Crippen molar-refractivity contribution in [3.8, 4) is 0 Å². The van der Waals surface area contributed by atoms with Crippen molar-refractivity contribution in [1.29, 1.82) is 0 Å². The molecular formula is C9H7ClN4O2. The fraction of sp³-hybridized carbons (Fsp3) is 0.111.